The quantitative estimate of drug-likeness (QED) is 0.189. The van der Waals surface area contributed by atoms with Crippen molar-refractivity contribution in [2.45, 2.75) is 19.3 Å². The van der Waals surface area contributed by atoms with Gasteiger partial charge in [-0.3, -0.25) is 4.90 Å². The minimum atomic E-state index is -0.348. The molecule has 0 unspecified atom stereocenters. The summed E-state index contributed by atoms with van der Waals surface area (Å²) >= 11 is 0. The Balaban J connectivity index is 1.32. The van der Waals surface area contributed by atoms with Crippen molar-refractivity contribution in [3.63, 3.8) is 0 Å². The van der Waals surface area contributed by atoms with E-state index in [0.29, 0.717) is 5.95 Å². The summed E-state index contributed by atoms with van der Waals surface area (Å²) in [4.78, 5) is 13.1. The number of fused-ring (bicyclic) bond motifs is 9. The van der Waals surface area contributed by atoms with Crippen LogP contribution in [0.4, 0.5) is 17.3 Å². The van der Waals surface area contributed by atoms with E-state index >= 15 is 0 Å². The van der Waals surface area contributed by atoms with Crippen LogP contribution in [0.1, 0.15) is 25.0 Å². The number of hydrogen-bond donors (Lipinski definition) is 0. The third-order valence-corrected chi connectivity index (χ3v) is 10.4. The molecule has 51 heavy (non-hydrogen) atoms. The molecular weight excluding hydrogens is 623 g/mol. The minimum absolute atomic E-state index is 0.348. The summed E-state index contributed by atoms with van der Waals surface area (Å²) in [5.41, 5.74) is 11.8. The van der Waals surface area contributed by atoms with Gasteiger partial charge >= 0.3 is 0 Å². The minimum Gasteiger partial charge on any atom is -0.454 e. The molecule has 242 valence electrons. The second-order valence-corrected chi connectivity index (χ2v) is 13.8. The number of furan rings is 1. The zero-order valence-electron chi connectivity index (χ0n) is 28.3. The Hall–Kier alpha value is -6.52. The van der Waals surface area contributed by atoms with Crippen molar-refractivity contribution in [2.75, 3.05) is 4.90 Å². The van der Waals surface area contributed by atoms with Crippen LogP contribution in [-0.4, -0.2) is 9.97 Å². The number of nitrogens with zero attached hydrogens (tertiary/aromatic N) is 3. The van der Waals surface area contributed by atoms with E-state index in [1.54, 1.807) is 0 Å². The predicted molar refractivity (Wildman–Crippen MR) is 210 cm³/mol. The Labute approximate surface area is 296 Å². The summed E-state index contributed by atoms with van der Waals surface area (Å²) in [6, 6.07) is 57.4. The Morgan fingerprint density at radius 3 is 1.88 bits per heavy atom. The lowest BCUT2D eigenvalue weighted by Crippen LogP contribution is -2.32. The maximum atomic E-state index is 6.92. The molecule has 0 saturated heterocycles. The standard InChI is InChI=1S/C47H33N3O/c1-47(2)37-25-12-13-26-40(37)50(44-43(47)35-23-10-9-22-34(35)42-36-24-11-14-27-41(36)51-45(42)44)46-48-38(31-18-7-4-8-19-31)29-39(49-46)33-21-15-20-32(28-33)30-16-5-3-6-17-30/h3-29H,1-2H3. The SMILES string of the molecule is CC1(C)c2ccccc2N(c2nc(-c3ccccc3)cc(-c3cccc(-c4ccccc4)c3)n2)c2c1c1ccccc1c1c2oc2ccccc21. The molecule has 9 aromatic rings. The first-order valence-corrected chi connectivity index (χ1v) is 17.4. The van der Waals surface area contributed by atoms with Gasteiger partial charge in [-0.2, -0.15) is 0 Å². The fraction of sp³-hybridized carbons (Fsp3) is 0.0638. The van der Waals surface area contributed by atoms with E-state index in [-0.39, 0.29) is 5.41 Å². The molecule has 0 spiro atoms. The van der Waals surface area contributed by atoms with Crippen molar-refractivity contribution >= 4 is 50.0 Å². The molecule has 4 heteroatoms. The lowest BCUT2D eigenvalue weighted by atomic mass is 9.71. The number of anilines is 3. The average molecular weight is 656 g/mol. The highest BCUT2D eigenvalue weighted by Gasteiger charge is 2.42. The van der Waals surface area contributed by atoms with Gasteiger partial charge in [-0.1, -0.05) is 153 Å². The van der Waals surface area contributed by atoms with E-state index in [4.69, 9.17) is 14.4 Å². The largest absolute Gasteiger partial charge is 0.454 e. The molecule has 1 aliphatic heterocycles. The van der Waals surface area contributed by atoms with E-state index in [9.17, 15) is 0 Å². The highest BCUT2D eigenvalue weighted by Crippen LogP contribution is 2.57. The number of benzene rings is 7. The topological polar surface area (TPSA) is 42.2 Å². The molecule has 0 bridgehead atoms. The van der Waals surface area contributed by atoms with Crippen LogP contribution in [-0.2, 0) is 5.41 Å². The zero-order valence-corrected chi connectivity index (χ0v) is 28.3. The number of hydrogen-bond acceptors (Lipinski definition) is 4. The lowest BCUT2D eigenvalue weighted by Gasteiger charge is -2.41. The van der Waals surface area contributed by atoms with E-state index in [0.717, 1.165) is 67.0 Å². The van der Waals surface area contributed by atoms with Crippen LogP contribution in [0.15, 0.2) is 168 Å². The molecule has 2 aromatic heterocycles. The summed E-state index contributed by atoms with van der Waals surface area (Å²) in [6.45, 7) is 4.65. The molecule has 0 aliphatic carbocycles. The summed E-state index contributed by atoms with van der Waals surface area (Å²) < 4.78 is 6.92. The summed E-state index contributed by atoms with van der Waals surface area (Å²) in [5.74, 6) is 0.595. The van der Waals surface area contributed by atoms with Crippen LogP contribution in [0, 0.1) is 0 Å². The van der Waals surface area contributed by atoms with E-state index in [2.05, 4.69) is 164 Å². The molecule has 3 heterocycles. The van der Waals surface area contributed by atoms with Crippen molar-refractivity contribution in [1.82, 2.24) is 9.97 Å². The van der Waals surface area contributed by atoms with Crippen LogP contribution in [0.5, 0.6) is 0 Å². The van der Waals surface area contributed by atoms with Crippen molar-refractivity contribution in [3.05, 3.63) is 175 Å². The average Bonchev–Trinajstić information content (AvgIpc) is 3.59. The summed E-state index contributed by atoms with van der Waals surface area (Å²) in [5, 5.41) is 4.59. The van der Waals surface area contributed by atoms with Crippen molar-refractivity contribution in [1.29, 1.82) is 0 Å². The molecule has 1 aliphatic rings. The van der Waals surface area contributed by atoms with Gasteiger partial charge in [0.05, 0.1) is 22.8 Å². The fourth-order valence-electron chi connectivity index (χ4n) is 8.07. The number of rotatable bonds is 4. The first-order valence-electron chi connectivity index (χ1n) is 17.4. The molecule has 0 fully saturated rings. The Kier molecular flexibility index (Phi) is 6.49. The highest BCUT2D eigenvalue weighted by atomic mass is 16.3. The summed E-state index contributed by atoms with van der Waals surface area (Å²) in [6.07, 6.45) is 0. The van der Waals surface area contributed by atoms with Crippen LogP contribution in [0.2, 0.25) is 0 Å². The van der Waals surface area contributed by atoms with Gasteiger partial charge in [0, 0.05) is 27.3 Å². The molecule has 7 aromatic carbocycles. The Bertz CT molecular complexity index is 2780. The highest BCUT2D eigenvalue weighted by molar-refractivity contribution is 6.25. The predicted octanol–water partition coefficient (Wildman–Crippen LogP) is 12.6. The van der Waals surface area contributed by atoms with E-state index in [1.165, 1.54) is 21.9 Å². The number of aromatic nitrogens is 2. The molecular formula is C47H33N3O. The van der Waals surface area contributed by atoms with Gasteiger partial charge in [0.25, 0.3) is 0 Å². The monoisotopic (exact) mass is 655 g/mol. The van der Waals surface area contributed by atoms with Gasteiger partial charge < -0.3 is 4.42 Å². The van der Waals surface area contributed by atoms with Gasteiger partial charge in [-0.15, -0.1) is 0 Å². The zero-order chi connectivity index (χ0) is 34.1. The van der Waals surface area contributed by atoms with Gasteiger partial charge in [0.1, 0.15) is 5.58 Å². The van der Waals surface area contributed by atoms with E-state index in [1.807, 2.05) is 18.2 Å². The third-order valence-electron chi connectivity index (χ3n) is 10.4. The number of para-hydroxylation sites is 2. The molecule has 0 radical (unpaired) electrons. The third kappa shape index (κ3) is 4.53. The first-order chi connectivity index (χ1) is 25.1. The molecule has 4 nitrogen and oxygen atoms in total. The van der Waals surface area contributed by atoms with Crippen molar-refractivity contribution < 1.29 is 4.42 Å². The normalized spacial score (nSPS) is 13.4. The van der Waals surface area contributed by atoms with Crippen molar-refractivity contribution in [3.8, 4) is 33.6 Å². The van der Waals surface area contributed by atoms with Crippen LogP contribution in [0.25, 0.3) is 66.4 Å². The smallest absolute Gasteiger partial charge is 0.235 e. The van der Waals surface area contributed by atoms with Crippen LogP contribution >= 0.6 is 0 Å². The maximum absolute atomic E-state index is 6.92. The molecule has 0 saturated carbocycles. The van der Waals surface area contributed by atoms with E-state index < -0.39 is 0 Å². The molecule has 10 rings (SSSR count). The second kappa shape index (κ2) is 11.3. The first kappa shape index (κ1) is 29.4. The summed E-state index contributed by atoms with van der Waals surface area (Å²) in [7, 11) is 0. The van der Waals surface area contributed by atoms with Crippen molar-refractivity contribution in [2.24, 2.45) is 0 Å². The molecule has 0 amide bonds. The lowest BCUT2D eigenvalue weighted by molar-refractivity contribution is 0.628. The fourth-order valence-corrected chi connectivity index (χ4v) is 8.07. The Morgan fingerprint density at radius 1 is 0.510 bits per heavy atom. The Morgan fingerprint density at radius 2 is 1.10 bits per heavy atom. The van der Waals surface area contributed by atoms with Gasteiger partial charge in [-0.25, -0.2) is 9.97 Å². The maximum Gasteiger partial charge on any atom is 0.235 e. The van der Waals surface area contributed by atoms with Gasteiger partial charge in [0.2, 0.25) is 5.95 Å². The molecule has 0 atom stereocenters. The van der Waals surface area contributed by atoms with Crippen LogP contribution < -0.4 is 4.90 Å². The van der Waals surface area contributed by atoms with Gasteiger partial charge in [-0.05, 0) is 57.3 Å². The van der Waals surface area contributed by atoms with Gasteiger partial charge in [0.15, 0.2) is 5.58 Å². The van der Waals surface area contributed by atoms with Crippen LogP contribution in [0.3, 0.4) is 0 Å². The second-order valence-electron chi connectivity index (χ2n) is 13.8. The molecule has 0 N–H and O–H groups in total.